The van der Waals surface area contributed by atoms with E-state index in [9.17, 15) is 14.7 Å². The molecular weight excluding hydrogens is 500 g/mol. The number of rotatable bonds is 14. The molecule has 9 nitrogen and oxygen atoms in total. The lowest BCUT2D eigenvalue weighted by Gasteiger charge is -2.43. The molecule has 3 unspecified atom stereocenters. The smallest absolute Gasteiger partial charge is 0.136 e. The highest BCUT2D eigenvalue weighted by Gasteiger charge is 2.38. The van der Waals surface area contributed by atoms with E-state index in [0.717, 1.165) is 62.4 Å². The lowest BCUT2D eigenvalue weighted by atomic mass is 9.74. The van der Waals surface area contributed by atoms with E-state index in [1.807, 2.05) is 54.6 Å². The molecule has 2 heterocycles. The Morgan fingerprint density at radius 2 is 1.74 bits per heavy atom. The fraction of sp³-hybridized carbons (Fsp3) is 0.533. The fourth-order valence-electron chi connectivity index (χ4n) is 5.30. The van der Waals surface area contributed by atoms with Gasteiger partial charge in [0.25, 0.3) is 0 Å². The topological polar surface area (TPSA) is 101 Å². The summed E-state index contributed by atoms with van der Waals surface area (Å²) in [5, 5.41) is 11.6. The zero-order chi connectivity index (χ0) is 27.3. The van der Waals surface area contributed by atoms with Gasteiger partial charge in [-0.15, -0.1) is 0 Å². The van der Waals surface area contributed by atoms with Gasteiger partial charge >= 0.3 is 0 Å². The van der Waals surface area contributed by atoms with Gasteiger partial charge in [-0.1, -0.05) is 42.5 Å². The summed E-state index contributed by atoms with van der Waals surface area (Å²) in [6.07, 6.45) is 0.378. The fourth-order valence-corrected chi connectivity index (χ4v) is 5.30. The molecule has 3 atom stereocenters. The van der Waals surface area contributed by atoms with Crippen LogP contribution < -0.4 is 9.84 Å². The molecule has 2 aliphatic heterocycles. The lowest BCUT2D eigenvalue weighted by Crippen LogP contribution is -2.53. The van der Waals surface area contributed by atoms with Crippen molar-refractivity contribution in [2.24, 2.45) is 11.8 Å². The van der Waals surface area contributed by atoms with E-state index >= 15 is 0 Å². The second-order valence-corrected chi connectivity index (χ2v) is 10.1. The van der Waals surface area contributed by atoms with Crippen LogP contribution in [0.2, 0.25) is 0 Å². The number of carboxylic acid groups (broad SMARTS) is 1. The minimum Gasteiger partial charge on any atom is -0.530 e. The van der Waals surface area contributed by atoms with Crippen molar-refractivity contribution in [1.29, 1.82) is 0 Å². The predicted molar refractivity (Wildman–Crippen MR) is 143 cm³/mol. The monoisotopic (exact) mass is 539 g/mol. The second kappa shape index (κ2) is 15.6. The third kappa shape index (κ3) is 9.03. The van der Waals surface area contributed by atoms with Crippen LogP contribution in [0.3, 0.4) is 0 Å². The number of piperidine rings is 1. The minimum absolute atomic E-state index is 0.127. The minimum atomic E-state index is -1.25. The molecule has 39 heavy (non-hydrogen) atoms. The molecule has 2 aliphatic rings. The summed E-state index contributed by atoms with van der Waals surface area (Å²) in [4.78, 5) is 27.2. The van der Waals surface area contributed by atoms with Crippen molar-refractivity contribution in [3.05, 3.63) is 65.7 Å². The first-order valence-electron chi connectivity index (χ1n) is 13.8. The van der Waals surface area contributed by atoms with E-state index in [-0.39, 0.29) is 24.9 Å². The van der Waals surface area contributed by atoms with Gasteiger partial charge in [-0.2, -0.15) is 0 Å². The summed E-state index contributed by atoms with van der Waals surface area (Å²) in [5.74, 6) is -0.0417. The average molecular weight is 540 g/mol. The molecule has 0 aromatic heterocycles. The summed E-state index contributed by atoms with van der Waals surface area (Å²) >= 11 is 0. The molecule has 2 fully saturated rings. The normalized spacial score (nSPS) is 21.9. The van der Waals surface area contributed by atoms with Gasteiger partial charge in [0, 0.05) is 56.9 Å². The first kappa shape index (κ1) is 29.0. The summed E-state index contributed by atoms with van der Waals surface area (Å²) < 4.78 is 23.0. The molecule has 1 amide bonds. The van der Waals surface area contributed by atoms with E-state index in [1.54, 1.807) is 0 Å². The maximum absolute atomic E-state index is 12.0. The Hall–Kier alpha value is -2.98. The SMILES string of the molecule is O=CC1CN(C(=O)[O-])CC(COCCN2CCOCC2)C1c1ccc(OCCCOCc2ccccc2)cc1. The maximum atomic E-state index is 12.0. The van der Waals surface area contributed by atoms with E-state index in [0.29, 0.717) is 33.0 Å². The molecular formula is C30H39N2O7-. The number of likely N-dealkylation sites (tertiary alicyclic amines) is 1. The first-order chi connectivity index (χ1) is 19.1. The highest BCUT2D eigenvalue weighted by atomic mass is 16.5. The number of aldehydes is 1. The Kier molecular flexibility index (Phi) is 11.6. The number of nitrogens with zero attached hydrogens (tertiary/aromatic N) is 2. The largest absolute Gasteiger partial charge is 0.530 e. The number of benzene rings is 2. The van der Waals surface area contributed by atoms with Crippen LogP contribution in [0.5, 0.6) is 5.75 Å². The van der Waals surface area contributed by atoms with Crippen LogP contribution in [0.4, 0.5) is 4.79 Å². The summed E-state index contributed by atoms with van der Waals surface area (Å²) in [7, 11) is 0. The molecule has 2 saturated heterocycles. The number of carbonyl (C=O) groups is 2. The number of hydrogen-bond acceptors (Lipinski definition) is 8. The molecule has 0 aliphatic carbocycles. The van der Waals surface area contributed by atoms with Gasteiger partial charge in [0.15, 0.2) is 0 Å². The van der Waals surface area contributed by atoms with Gasteiger partial charge in [0.05, 0.1) is 46.2 Å². The molecule has 4 rings (SSSR count). The molecule has 0 bridgehead atoms. The number of carbonyl (C=O) groups excluding carboxylic acids is 2. The first-order valence-corrected chi connectivity index (χ1v) is 13.8. The third-order valence-electron chi connectivity index (χ3n) is 7.35. The molecule has 9 heteroatoms. The van der Waals surface area contributed by atoms with Gasteiger partial charge in [-0.25, -0.2) is 0 Å². The van der Waals surface area contributed by atoms with Crippen molar-refractivity contribution < 1.29 is 33.6 Å². The van der Waals surface area contributed by atoms with Crippen LogP contribution >= 0.6 is 0 Å². The Bertz CT molecular complexity index is 998. The highest BCUT2D eigenvalue weighted by Crippen LogP contribution is 2.37. The van der Waals surface area contributed by atoms with E-state index in [4.69, 9.17) is 18.9 Å². The second-order valence-electron chi connectivity index (χ2n) is 10.1. The van der Waals surface area contributed by atoms with Crippen LogP contribution in [-0.4, -0.2) is 94.5 Å². The standard InChI is InChI=1S/C30H40N2O7/c33-21-26-19-32(30(34)35)20-27(23-38-18-13-31-11-16-36-17-12-31)29(26)25-7-9-28(10-8-25)39-15-4-14-37-22-24-5-2-1-3-6-24/h1-3,5-10,21,26-27,29H,4,11-20,22-23H2,(H,34,35)/p-1. The number of morpholine rings is 1. The Morgan fingerprint density at radius 3 is 2.46 bits per heavy atom. The Morgan fingerprint density at radius 1 is 0.974 bits per heavy atom. The van der Waals surface area contributed by atoms with Crippen molar-refractivity contribution in [2.45, 2.75) is 18.9 Å². The lowest BCUT2D eigenvalue weighted by molar-refractivity contribution is -0.268. The summed E-state index contributed by atoms with van der Waals surface area (Å²) in [6.45, 7) is 7.07. The molecule has 0 radical (unpaired) electrons. The summed E-state index contributed by atoms with van der Waals surface area (Å²) in [6, 6.07) is 17.8. The van der Waals surface area contributed by atoms with E-state index < -0.39 is 12.0 Å². The number of ether oxygens (including phenoxy) is 4. The van der Waals surface area contributed by atoms with Gasteiger partial charge in [0.2, 0.25) is 0 Å². The van der Waals surface area contributed by atoms with E-state index in [1.165, 1.54) is 4.90 Å². The highest BCUT2D eigenvalue weighted by molar-refractivity contribution is 5.65. The van der Waals surface area contributed by atoms with Crippen molar-refractivity contribution in [1.82, 2.24) is 9.80 Å². The van der Waals surface area contributed by atoms with Crippen LogP contribution in [0.15, 0.2) is 54.6 Å². The number of amides is 1. The predicted octanol–water partition coefficient (Wildman–Crippen LogP) is 2.19. The Labute approximate surface area is 230 Å². The molecule has 2 aromatic rings. The van der Waals surface area contributed by atoms with Gasteiger partial charge in [-0.3, -0.25) is 4.90 Å². The van der Waals surface area contributed by atoms with Gasteiger partial charge < -0.3 is 38.5 Å². The van der Waals surface area contributed by atoms with Crippen molar-refractivity contribution in [3.63, 3.8) is 0 Å². The van der Waals surface area contributed by atoms with Crippen LogP contribution in [0.25, 0.3) is 0 Å². The van der Waals surface area contributed by atoms with Crippen LogP contribution in [0, 0.1) is 11.8 Å². The van der Waals surface area contributed by atoms with Crippen molar-refractivity contribution >= 4 is 12.4 Å². The van der Waals surface area contributed by atoms with Crippen molar-refractivity contribution in [3.8, 4) is 5.75 Å². The molecule has 2 aromatic carbocycles. The number of hydrogen-bond donors (Lipinski definition) is 0. The average Bonchev–Trinajstić information content (AvgIpc) is 2.98. The van der Waals surface area contributed by atoms with Gasteiger partial charge in [0.1, 0.15) is 18.1 Å². The van der Waals surface area contributed by atoms with Gasteiger partial charge in [-0.05, 0) is 23.3 Å². The van der Waals surface area contributed by atoms with Crippen LogP contribution in [0.1, 0.15) is 23.5 Å². The Balaban J connectivity index is 1.28. The third-order valence-corrected chi connectivity index (χ3v) is 7.35. The molecule has 0 N–H and O–H groups in total. The molecule has 212 valence electrons. The summed E-state index contributed by atoms with van der Waals surface area (Å²) in [5.41, 5.74) is 2.12. The van der Waals surface area contributed by atoms with Crippen LogP contribution in [-0.2, 0) is 25.6 Å². The van der Waals surface area contributed by atoms with E-state index in [2.05, 4.69) is 4.90 Å². The zero-order valence-electron chi connectivity index (χ0n) is 22.5. The van der Waals surface area contributed by atoms with Crippen molar-refractivity contribution in [2.75, 3.05) is 72.4 Å². The zero-order valence-corrected chi connectivity index (χ0v) is 22.5. The molecule has 0 saturated carbocycles. The maximum Gasteiger partial charge on any atom is 0.136 e. The molecule has 0 spiro atoms. The quantitative estimate of drug-likeness (QED) is 0.266.